The van der Waals surface area contributed by atoms with E-state index in [2.05, 4.69) is 33.1 Å². The summed E-state index contributed by atoms with van der Waals surface area (Å²) in [6, 6.07) is 0. The molecule has 0 N–H and O–H groups in total. The summed E-state index contributed by atoms with van der Waals surface area (Å²) in [7, 11) is 0. The van der Waals surface area contributed by atoms with Gasteiger partial charge in [0.1, 0.15) is 0 Å². The number of hydrogen-bond acceptors (Lipinski definition) is 5. The highest BCUT2D eigenvalue weighted by Crippen LogP contribution is 2.09. The van der Waals surface area contributed by atoms with E-state index in [9.17, 15) is 0 Å². The van der Waals surface area contributed by atoms with Gasteiger partial charge in [-0.25, -0.2) is 4.68 Å². The molecule has 2 heterocycles. The van der Waals surface area contributed by atoms with E-state index < -0.39 is 0 Å². The Hall–Kier alpha value is -0.620. The molecule has 0 atom stereocenters. The Morgan fingerprint density at radius 1 is 1.13 bits per heavy atom. The van der Waals surface area contributed by atoms with Crippen LogP contribution in [0.15, 0.2) is 5.16 Å². The second kappa shape index (κ2) is 5.46. The standard InChI is InChI=1S/C9H17N5S/c15-9-10-11-12-14(9)8-4-7-13-5-2-1-3-6-13/h1-8H2,(H,10,12,15). The predicted molar refractivity (Wildman–Crippen MR) is 60.0 cm³/mol. The van der Waals surface area contributed by atoms with Crippen LogP contribution in [0.3, 0.4) is 0 Å². The number of tetrazole rings is 1. The maximum atomic E-state index is 4.16. The van der Waals surface area contributed by atoms with Gasteiger partial charge in [0.15, 0.2) is 0 Å². The minimum Gasteiger partial charge on any atom is -0.303 e. The summed E-state index contributed by atoms with van der Waals surface area (Å²) in [6.45, 7) is 4.52. The quantitative estimate of drug-likeness (QED) is 0.774. The molecule has 1 aliphatic rings. The van der Waals surface area contributed by atoms with Crippen molar-refractivity contribution in [3.63, 3.8) is 0 Å². The zero-order valence-electron chi connectivity index (χ0n) is 8.84. The van der Waals surface area contributed by atoms with Gasteiger partial charge in [-0.1, -0.05) is 6.42 Å². The first-order valence-electron chi connectivity index (χ1n) is 5.54. The monoisotopic (exact) mass is 227 g/mol. The Labute approximate surface area is 95.2 Å². The SMILES string of the molecule is Sc1nnnn1CCCN1CCCCC1. The summed E-state index contributed by atoms with van der Waals surface area (Å²) >= 11 is 4.16. The van der Waals surface area contributed by atoms with E-state index in [0.29, 0.717) is 5.16 Å². The van der Waals surface area contributed by atoms with Gasteiger partial charge < -0.3 is 4.90 Å². The molecule has 0 amide bonds. The van der Waals surface area contributed by atoms with Crippen LogP contribution in [0.5, 0.6) is 0 Å². The number of aryl methyl sites for hydroxylation is 1. The largest absolute Gasteiger partial charge is 0.303 e. The third kappa shape index (κ3) is 3.17. The van der Waals surface area contributed by atoms with Gasteiger partial charge in [0, 0.05) is 6.54 Å². The molecule has 0 aliphatic carbocycles. The predicted octanol–water partition coefficient (Wildman–Crippen LogP) is 0.838. The third-order valence-corrected chi connectivity index (χ3v) is 3.13. The molecule has 1 fully saturated rings. The summed E-state index contributed by atoms with van der Waals surface area (Å²) in [5.41, 5.74) is 0. The average molecular weight is 227 g/mol. The van der Waals surface area contributed by atoms with Gasteiger partial charge in [-0.3, -0.25) is 0 Å². The zero-order chi connectivity index (χ0) is 10.5. The summed E-state index contributed by atoms with van der Waals surface area (Å²) in [6.07, 6.45) is 5.19. The summed E-state index contributed by atoms with van der Waals surface area (Å²) in [5, 5.41) is 11.8. The third-order valence-electron chi connectivity index (χ3n) is 2.81. The van der Waals surface area contributed by atoms with E-state index >= 15 is 0 Å². The molecule has 1 aromatic heterocycles. The van der Waals surface area contributed by atoms with Crippen molar-refractivity contribution < 1.29 is 0 Å². The van der Waals surface area contributed by atoms with Crippen molar-refractivity contribution in [2.75, 3.05) is 19.6 Å². The Balaban J connectivity index is 1.68. The fourth-order valence-electron chi connectivity index (χ4n) is 1.97. The number of piperidine rings is 1. The van der Waals surface area contributed by atoms with Gasteiger partial charge in [-0.15, -0.1) is 17.7 Å². The molecule has 0 spiro atoms. The first kappa shape index (κ1) is 10.9. The summed E-state index contributed by atoms with van der Waals surface area (Å²) in [4.78, 5) is 2.52. The second-order valence-corrected chi connectivity index (χ2v) is 4.36. The zero-order valence-corrected chi connectivity index (χ0v) is 9.73. The van der Waals surface area contributed by atoms with Gasteiger partial charge in [-0.05, 0) is 49.3 Å². The highest BCUT2D eigenvalue weighted by atomic mass is 32.1. The Bertz CT molecular complexity index is 294. The first-order chi connectivity index (χ1) is 7.36. The smallest absolute Gasteiger partial charge is 0.206 e. The molecule has 0 radical (unpaired) electrons. The minimum atomic E-state index is 0.605. The fraction of sp³-hybridized carbons (Fsp3) is 0.889. The molecule has 6 heteroatoms. The Morgan fingerprint density at radius 3 is 2.60 bits per heavy atom. The summed E-state index contributed by atoms with van der Waals surface area (Å²) < 4.78 is 1.74. The topological polar surface area (TPSA) is 46.8 Å². The van der Waals surface area contributed by atoms with Gasteiger partial charge in [0.2, 0.25) is 5.16 Å². The van der Waals surface area contributed by atoms with Gasteiger partial charge in [-0.2, -0.15) is 0 Å². The van der Waals surface area contributed by atoms with E-state index in [1.807, 2.05) is 0 Å². The van der Waals surface area contributed by atoms with Crippen LogP contribution in [0.4, 0.5) is 0 Å². The van der Waals surface area contributed by atoms with Crippen LogP contribution in [0.1, 0.15) is 25.7 Å². The number of likely N-dealkylation sites (tertiary alicyclic amines) is 1. The van der Waals surface area contributed by atoms with Crippen LogP contribution >= 0.6 is 12.6 Å². The molecule has 5 nitrogen and oxygen atoms in total. The van der Waals surface area contributed by atoms with E-state index in [1.54, 1.807) is 4.68 Å². The van der Waals surface area contributed by atoms with Crippen molar-refractivity contribution in [3.8, 4) is 0 Å². The lowest BCUT2D eigenvalue weighted by atomic mass is 10.1. The van der Waals surface area contributed by atoms with Crippen molar-refractivity contribution >= 4 is 12.6 Å². The first-order valence-corrected chi connectivity index (χ1v) is 5.98. The Morgan fingerprint density at radius 2 is 1.93 bits per heavy atom. The minimum absolute atomic E-state index is 0.605. The number of aromatic nitrogens is 4. The molecule has 0 unspecified atom stereocenters. The lowest BCUT2D eigenvalue weighted by molar-refractivity contribution is 0.220. The van der Waals surface area contributed by atoms with Crippen molar-refractivity contribution in [2.45, 2.75) is 37.4 Å². The molecule has 0 saturated carbocycles. The van der Waals surface area contributed by atoms with Crippen LogP contribution in [0.25, 0.3) is 0 Å². The normalized spacial score (nSPS) is 18.2. The molecular formula is C9H17N5S. The van der Waals surface area contributed by atoms with Crippen molar-refractivity contribution in [2.24, 2.45) is 0 Å². The van der Waals surface area contributed by atoms with Crippen LogP contribution in [-0.4, -0.2) is 44.7 Å². The highest BCUT2D eigenvalue weighted by Gasteiger charge is 2.09. The number of hydrogen-bond donors (Lipinski definition) is 1. The summed E-state index contributed by atoms with van der Waals surface area (Å²) in [5.74, 6) is 0. The van der Waals surface area contributed by atoms with Crippen molar-refractivity contribution in [1.82, 2.24) is 25.1 Å². The fourth-order valence-corrected chi connectivity index (χ4v) is 2.15. The molecule has 1 saturated heterocycles. The van der Waals surface area contributed by atoms with Crippen LogP contribution in [-0.2, 0) is 6.54 Å². The Kier molecular flexibility index (Phi) is 3.96. The number of thiol groups is 1. The van der Waals surface area contributed by atoms with E-state index in [4.69, 9.17) is 0 Å². The average Bonchev–Trinajstić information content (AvgIpc) is 2.66. The van der Waals surface area contributed by atoms with Crippen LogP contribution in [0, 0.1) is 0 Å². The van der Waals surface area contributed by atoms with E-state index in [0.717, 1.165) is 19.5 Å². The molecule has 0 bridgehead atoms. The lowest BCUT2D eigenvalue weighted by Crippen LogP contribution is -2.31. The lowest BCUT2D eigenvalue weighted by Gasteiger charge is -2.26. The molecule has 2 rings (SSSR count). The molecule has 1 aromatic rings. The van der Waals surface area contributed by atoms with Crippen LogP contribution < -0.4 is 0 Å². The maximum absolute atomic E-state index is 4.16. The second-order valence-electron chi connectivity index (χ2n) is 3.96. The molecular weight excluding hydrogens is 210 g/mol. The number of nitrogens with zero attached hydrogens (tertiary/aromatic N) is 5. The van der Waals surface area contributed by atoms with E-state index in [-0.39, 0.29) is 0 Å². The van der Waals surface area contributed by atoms with Crippen molar-refractivity contribution in [3.05, 3.63) is 0 Å². The number of rotatable bonds is 4. The van der Waals surface area contributed by atoms with E-state index in [1.165, 1.54) is 32.4 Å². The molecule has 1 aliphatic heterocycles. The molecule has 15 heavy (non-hydrogen) atoms. The maximum Gasteiger partial charge on any atom is 0.206 e. The van der Waals surface area contributed by atoms with Crippen molar-refractivity contribution in [1.29, 1.82) is 0 Å². The molecule has 84 valence electrons. The van der Waals surface area contributed by atoms with Gasteiger partial charge >= 0.3 is 0 Å². The van der Waals surface area contributed by atoms with Crippen LogP contribution in [0.2, 0.25) is 0 Å². The highest BCUT2D eigenvalue weighted by molar-refractivity contribution is 7.80. The van der Waals surface area contributed by atoms with Gasteiger partial charge in [0.05, 0.1) is 0 Å². The molecule has 0 aromatic carbocycles. The van der Waals surface area contributed by atoms with Gasteiger partial charge in [0.25, 0.3) is 0 Å².